The lowest BCUT2D eigenvalue weighted by molar-refractivity contribution is 1.36. The molecule has 3 rings (SSSR count). The van der Waals surface area contributed by atoms with Crippen LogP contribution < -0.4 is 0 Å². The van der Waals surface area contributed by atoms with E-state index in [2.05, 4.69) is 25.9 Å². The fourth-order valence-corrected chi connectivity index (χ4v) is 3.08. The average Bonchev–Trinajstić information content (AvgIpc) is 2.83. The lowest BCUT2D eigenvalue weighted by Crippen LogP contribution is -1.72. The molecule has 80 valence electrons. The molecular weight excluding hydrogens is 308 g/mol. The van der Waals surface area contributed by atoms with E-state index in [0.717, 1.165) is 31.2 Å². The summed E-state index contributed by atoms with van der Waals surface area (Å²) < 4.78 is 1.07. The molecule has 1 aromatic carbocycles. The van der Waals surface area contributed by atoms with Crippen LogP contribution in [0, 0.1) is 0 Å². The Hall–Kier alpha value is -0.840. The van der Waals surface area contributed by atoms with Crippen molar-refractivity contribution in [3.63, 3.8) is 0 Å². The first kappa shape index (κ1) is 10.3. The Balaban J connectivity index is 2.18. The third-order valence-electron chi connectivity index (χ3n) is 2.24. The summed E-state index contributed by atoms with van der Waals surface area (Å²) in [6.07, 6.45) is 0. The standard InChI is InChI=1S/C11H6BrClN2S/c12-6-3-10(16-5-6)11-14-8-2-1-7(13)4-9(8)15-11/h1-5H,(H,14,15). The predicted octanol–water partition coefficient (Wildman–Crippen LogP) is 4.71. The highest BCUT2D eigenvalue weighted by molar-refractivity contribution is 9.10. The predicted molar refractivity (Wildman–Crippen MR) is 72.1 cm³/mol. The van der Waals surface area contributed by atoms with Crippen molar-refractivity contribution in [3.05, 3.63) is 39.1 Å². The Bertz CT molecular complexity index is 659. The Kier molecular flexibility index (Phi) is 2.50. The van der Waals surface area contributed by atoms with E-state index in [1.54, 1.807) is 11.3 Å². The van der Waals surface area contributed by atoms with Crippen LogP contribution in [-0.4, -0.2) is 9.97 Å². The van der Waals surface area contributed by atoms with E-state index >= 15 is 0 Å². The van der Waals surface area contributed by atoms with E-state index < -0.39 is 0 Å². The molecule has 2 heterocycles. The highest BCUT2D eigenvalue weighted by Crippen LogP contribution is 2.29. The largest absolute Gasteiger partial charge is 0.337 e. The first-order valence-corrected chi connectivity index (χ1v) is 6.67. The molecule has 0 aliphatic heterocycles. The number of benzene rings is 1. The van der Waals surface area contributed by atoms with Gasteiger partial charge in [0.2, 0.25) is 0 Å². The molecule has 3 aromatic rings. The minimum Gasteiger partial charge on any atom is -0.337 e. The smallest absolute Gasteiger partial charge is 0.148 e. The van der Waals surface area contributed by atoms with Crippen LogP contribution >= 0.6 is 38.9 Å². The molecule has 0 saturated heterocycles. The SMILES string of the molecule is Clc1ccc2nc(-c3cc(Br)cs3)[nH]c2c1. The van der Waals surface area contributed by atoms with E-state index in [-0.39, 0.29) is 0 Å². The van der Waals surface area contributed by atoms with E-state index in [4.69, 9.17) is 11.6 Å². The molecule has 0 saturated carbocycles. The third kappa shape index (κ3) is 1.77. The number of aromatic nitrogens is 2. The Morgan fingerprint density at radius 1 is 1.31 bits per heavy atom. The maximum absolute atomic E-state index is 5.93. The van der Waals surface area contributed by atoms with Crippen LogP contribution in [0.4, 0.5) is 0 Å². The van der Waals surface area contributed by atoms with Crippen LogP contribution in [0.5, 0.6) is 0 Å². The second-order valence-corrected chi connectivity index (χ2v) is 5.64. The lowest BCUT2D eigenvalue weighted by Gasteiger charge is -1.87. The van der Waals surface area contributed by atoms with Gasteiger partial charge in [-0.2, -0.15) is 0 Å². The number of aromatic amines is 1. The Morgan fingerprint density at radius 2 is 2.19 bits per heavy atom. The molecule has 0 radical (unpaired) electrons. The van der Waals surface area contributed by atoms with Gasteiger partial charge >= 0.3 is 0 Å². The molecule has 0 spiro atoms. The van der Waals surface area contributed by atoms with E-state index in [0.29, 0.717) is 0 Å². The molecule has 0 bridgehead atoms. The second kappa shape index (κ2) is 3.87. The van der Waals surface area contributed by atoms with Gasteiger partial charge in [-0.1, -0.05) is 11.6 Å². The maximum atomic E-state index is 5.93. The summed E-state index contributed by atoms with van der Waals surface area (Å²) in [6, 6.07) is 7.69. The highest BCUT2D eigenvalue weighted by Gasteiger charge is 2.07. The van der Waals surface area contributed by atoms with Gasteiger partial charge in [-0.3, -0.25) is 0 Å². The molecule has 0 aliphatic rings. The minimum atomic E-state index is 0.718. The average molecular weight is 314 g/mol. The number of hydrogen-bond donors (Lipinski definition) is 1. The normalized spacial score (nSPS) is 11.1. The number of hydrogen-bond acceptors (Lipinski definition) is 2. The summed E-state index contributed by atoms with van der Waals surface area (Å²) in [6.45, 7) is 0. The van der Waals surface area contributed by atoms with Crippen molar-refractivity contribution >= 4 is 49.9 Å². The molecule has 0 unspecified atom stereocenters. The summed E-state index contributed by atoms with van der Waals surface area (Å²) in [5, 5.41) is 2.75. The Labute approximate surface area is 109 Å². The summed E-state index contributed by atoms with van der Waals surface area (Å²) in [5.74, 6) is 0.882. The van der Waals surface area contributed by atoms with Gasteiger partial charge in [-0.15, -0.1) is 11.3 Å². The first-order valence-electron chi connectivity index (χ1n) is 4.62. The van der Waals surface area contributed by atoms with Crippen molar-refractivity contribution in [2.24, 2.45) is 0 Å². The molecule has 0 fully saturated rings. The quantitative estimate of drug-likeness (QED) is 0.692. The molecule has 2 nitrogen and oxygen atoms in total. The molecule has 1 N–H and O–H groups in total. The summed E-state index contributed by atoms with van der Waals surface area (Å²) in [7, 11) is 0. The number of H-pyrrole nitrogens is 1. The fraction of sp³-hybridized carbons (Fsp3) is 0. The van der Waals surface area contributed by atoms with Crippen LogP contribution in [-0.2, 0) is 0 Å². The van der Waals surface area contributed by atoms with Crippen molar-refractivity contribution in [3.8, 4) is 10.7 Å². The zero-order valence-corrected chi connectivity index (χ0v) is 11.2. The van der Waals surface area contributed by atoms with Gasteiger partial charge in [0, 0.05) is 14.9 Å². The van der Waals surface area contributed by atoms with Gasteiger partial charge in [0.25, 0.3) is 0 Å². The monoisotopic (exact) mass is 312 g/mol. The van der Waals surface area contributed by atoms with Crippen molar-refractivity contribution in [2.75, 3.05) is 0 Å². The molecule has 16 heavy (non-hydrogen) atoms. The van der Waals surface area contributed by atoms with Gasteiger partial charge in [0.05, 0.1) is 15.9 Å². The number of halogens is 2. The van der Waals surface area contributed by atoms with Crippen LogP contribution in [0.1, 0.15) is 0 Å². The molecule has 0 aliphatic carbocycles. The number of rotatable bonds is 1. The van der Waals surface area contributed by atoms with Gasteiger partial charge in [0.15, 0.2) is 0 Å². The number of thiophene rings is 1. The summed E-state index contributed by atoms with van der Waals surface area (Å²) in [4.78, 5) is 8.88. The van der Waals surface area contributed by atoms with Crippen LogP contribution in [0.3, 0.4) is 0 Å². The summed E-state index contributed by atoms with van der Waals surface area (Å²) >= 11 is 11.0. The molecule has 2 aromatic heterocycles. The zero-order chi connectivity index (χ0) is 11.1. The Morgan fingerprint density at radius 3 is 2.94 bits per heavy atom. The fourth-order valence-electron chi connectivity index (χ4n) is 1.54. The third-order valence-corrected chi connectivity index (χ3v) is 4.18. The van der Waals surface area contributed by atoms with Crippen LogP contribution in [0.2, 0.25) is 5.02 Å². The van der Waals surface area contributed by atoms with E-state index in [1.807, 2.05) is 29.6 Å². The van der Waals surface area contributed by atoms with Crippen molar-refractivity contribution in [1.82, 2.24) is 9.97 Å². The first-order chi connectivity index (χ1) is 7.72. The highest BCUT2D eigenvalue weighted by atomic mass is 79.9. The van der Waals surface area contributed by atoms with E-state index in [9.17, 15) is 0 Å². The lowest BCUT2D eigenvalue weighted by atomic mass is 10.3. The van der Waals surface area contributed by atoms with Crippen molar-refractivity contribution in [2.45, 2.75) is 0 Å². The van der Waals surface area contributed by atoms with Crippen molar-refractivity contribution < 1.29 is 0 Å². The topological polar surface area (TPSA) is 28.7 Å². The molecule has 5 heteroatoms. The number of imidazole rings is 1. The number of fused-ring (bicyclic) bond motifs is 1. The van der Waals surface area contributed by atoms with Gasteiger partial charge in [-0.05, 0) is 40.2 Å². The van der Waals surface area contributed by atoms with Gasteiger partial charge < -0.3 is 4.98 Å². The minimum absolute atomic E-state index is 0.718. The van der Waals surface area contributed by atoms with Gasteiger partial charge in [0.1, 0.15) is 5.82 Å². The zero-order valence-electron chi connectivity index (χ0n) is 8.00. The van der Waals surface area contributed by atoms with Crippen LogP contribution in [0.25, 0.3) is 21.7 Å². The molecule has 0 amide bonds. The second-order valence-electron chi connectivity index (χ2n) is 3.38. The van der Waals surface area contributed by atoms with Gasteiger partial charge in [-0.25, -0.2) is 4.98 Å². The van der Waals surface area contributed by atoms with E-state index in [1.165, 1.54) is 0 Å². The molecule has 0 atom stereocenters. The summed E-state index contributed by atoms with van der Waals surface area (Å²) in [5.41, 5.74) is 1.90. The number of nitrogens with one attached hydrogen (secondary N) is 1. The maximum Gasteiger partial charge on any atom is 0.148 e. The van der Waals surface area contributed by atoms with Crippen LogP contribution in [0.15, 0.2) is 34.1 Å². The van der Waals surface area contributed by atoms with Crippen molar-refractivity contribution in [1.29, 1.82) is 0 Å². The number of nitrogens with zero attached hydrogens (tertiary/aromatic N) is 1. The molecular formula is C11H6BrClN2S.